The van der Waals surface area contributed by atoms with E-state index in [2.05, 4.69) is 6.92 Å². The van der Waals surface area contributed by atoms with E-state index in [1.165, 1.54) is 0 Å². The number of benzene rings is 1. The summed E-state index contributed by atoms with van der Waals surface area (Å²) in [6.45, 7) is 3.63. The summed E-state index contributed by atoms with van der Waals surface area (Å²) in [5.41, 5.74) is 1.05. The molecule has 0 aliphatic heterocycles. The van der Waals surface area contributed by atoms with Gasteiger partial charge in [0.15, 0.2) is 11.5 Å². The largest absolute Gasteiger partial charge is 0.493 e. The molecule has 0 aliphatic carbocycles. The van der Waals surface area contributed by atoms with Crippen molar-refractivity contribution in [3.8, 4) is 11.5 Å². The van der Waals surface area contributed by atoms with Gasteiger partial charge in [0.1, 0.15) is 0 Å². The van der Waals surface area contributed by atoms with Gasteiger partial charge < -0.3 is 9.47 Å². The lowest BCUT2D eigenvalue weighted by Crippen LogP contribution is -1.90. The first-order valence-electron chi connectivity index (χ1n) is 3.99. The maximum Gasteiger partial charge on any atom is 0.161 e. The minimum absolute atomic E-state index is 0.734. The molecule has 1 aromatic carbocycles. The number of methoxy groups -OCH3 is 2. The Morgan fingerprint density at radius 1 is 1.15 bits per heavy atom. The molecule has 13 heavy (non-hydrogen) atoms. The average Bonchev–Trinajstić information content (AvgIpc) is 2.18. The summed E-state index contributed by atoms with van der Waals surface area (Å²) in [4.78, 5) is 0. The van der Waals surface area contributed by atoms with E-state index < -0.39 is 0 Å². The number of rotatable bonds is 3. The molecular weight excluding hydrogens is 164 g/mol. The first-order valence-corrected chi connectivity index (χ1v) is 3.99. The van der Waals surface area contributed by atoms with E-state index in [0.717, 1.165) is 17.1 Å². The molecule has 0 spiro atoms. The molecule has 0 aliphatic rings. The maximum absolute atomic E-state index is 5.14. The minimum Gasteiger partial charge on any atom is -0.493 e. The van der Waals surface area contributed by atoms with Crippen molar-refractivity contribution in [1.82, 2.24) is 0 Å². The molecule has 0 heterocycles. The highest BCUT2D eigenvalue weighted by molar-refractivity contribution is 5.56. The molecule has 1 rings (SSSR count). The Balaban J connectivity index is 3.05. The molecular formula is C11H13O2. The van der Waals surface area contributed by atoms with Crippen LogP contribution in [0.2, 0.25) is 0 Å². The summed E-state index contributed by atoms with van der Waals surface area (Å²) in [5.74, 6) is 1.47. The van der Waals surface area contributed by atoms with Gasteiger partial charge in [0.2, 0.25) is 0 Å². The van der Waals surface area contributed by atoms with Gasteiger partial charge in [0, 0.05) is 0 Å². The molecule has 1 aromatic rings. The molecule has 0 N–H and O–H groups in total. The fraction of sp³-hybridized carbons (Fsp3) is 0.182. The van der Waals surface area contributed by atoms with Crippen molar-refractivity contribution >= 4 is 6.08 Å². The highest BCUT2D eigenvalue weighted by Gasteiger charge is 2.01. The first-order chi connectivity index (χ1) is 6.31. The molecule has 0 unspecified atom stereocenters. The Morgan fingerprint density at radius 2 is 1.85 bits per heavy atom. The van der Waals surface area contributed by atoms with Crippen LogP contribution in [0.3, 0.4) is 0 Å². The molecule has 1 radical (unpaired) electrons. The lowest BCUT2D eigenvalue weighted by molar-refractivity contribution is 0.355. The summed E-state index contributed by atoms with van der Waals surface area (Å²) < 4.78 is 10.2. The Labute approximate surface area is 78.8 Å². The van der Waals surface area contributed by atoms with Crippen LogP contribution in [0.4, 0.5) is 0 Å². The standard InChI is InChI=1S/C11H13O2/c1-4-5-9-6-7-10(12-2)11(8-9)13-3/h4-8H,1H2,2-3H3/b5-4+. The summed E-state index contributed by atoms with van der Waals surface area (Å²) in [5, 5.41) is 0. The predicted molar refractivity (Wildman–Crippen MR) is 53.9 cm³/mol. The Bertz CT molecular complexity index is 303. The zero-order chi connectivity index (χ0) is 9.68. The molecule has 0 aromatic heterocycles. The normalized spacial score (nSPS) is 10.4. The van der Waals surface area contributed by atoms with Crippen LogP contribution >= 0.6 is 0 Å². The lowest BCUT2D eigenvalue weighted by Gasteiger charge is -2.07. The Kier molecular flexibility index (Phi) is 3.38. The van der Waals surface area contributed by atoms with Gasteiger partial charge in [-0.05, 0) is 24.6 Å². The van der Waals surface area contributed by atoms with Crippen molar-refractivity contribution in [1.29, 1.82) is 0 Å². The zero-order valence-corrected chi connectivity index (χ0v) is 7.91. The predicted octanol–water partition coefficient (Wildman–Crippen LogP) is 2.55. The highest BCUT2D eigenvalue weighted by Crippen LogP contribution is 2.27. The van der Waals surface area contributed by atoms with Crippen LogP contribution in [0.15, 0.2) is 24.3 Å². The van der Waals surface area contributed by atoms with Gasteiger partial charge in [-0.25, -0.2) is 0 Å². The Morgan fingerprint density at radius 3 is 2.38 bits per heavy atom. The third-order valence-electron chi connectivity index (χ3n) is 1.72. The number of ether oxygens (including phenoxy) is 2. The van der Waals surface area contributed by atoms with Crippen molar-refractivity contribution < 1.29 is 9.47 Å². The molecule has 0 amide bonds. The van der Waals surface area contributed by atoms with Gasteiger partial charge in [-0.1, -0.05) is 18.2 Å². The van der Waals surface area contributed by atoms with Gasteiger partial charge in [-0.2, -0.15) is 0 Å². The van der Waals surface area contributed by atoms with Crippen molar-refractivity contribution in [3.05, 3.63) is 36.8 Å². The lowest BCUT2D eigenvalue weighted by atomic mass is 10.2. The second-order valence-corrected chi connectivity index (χ2v) is 2.52. The van der Waals surface area contributed by atoms with Crippen molar-refractivity contribution in [2.24, 2.45) is 0 Å². The third-order valence-corrected chi connectivity index (χ3v) is 1.72. The summed E-state index contributed by atoms with van der Waals surface area (Å²) in [6, 6.07) is 5.72. The van der Waals surface area contributed by atoms with E-state index in [-0.39, 0.29) is 0 Å². The second kappa shape index (κ2) is 4.55. The fourth-order valence-electron chi connectivity index (χ4n) is 1.09. The van der Waals surface area contributed by atoms with Gasteiger partial charge in [-0.3, -0.25) is 0 Å². The molecule has 2 heteroatoms. The summed E-state index contributed by atoms with van der Waals surface area (Å²) in [7, 11) is 3.24. The van der Waals surface area contributed by atoms with Gasteiger partial charge in [0.05, 0.1) is 14.2 Å². The molecule has 0 saturated heterocycles. The molecule has 0 bridgehead atoms. The molecule has 0 saturated carbocycles. The molecule has 2 nitrogen and oxygen atoms in total. The van der Waals surface area contributed by atoms with E-state index in [0.29, 0.717) is 0 Å². The van der Waals surface area contributed by atoms with E-state index in [9.17, 15) is 0 Å². The maximum atomic E-state index is 5.14. The molecule has 69 valence electrons. The zero-order valence-electron chi connectivity index (χ0n) is 7.91. The van der Waals surface area contributed by atoms with Crippen LogP contribution in [0.25, 0.3) is 6.08 Å². The van der Waals surface area contributed by atoms with E-state index >= 15 is 0 Å². The van der Waals surface area contributed by atoms with E-state index in [4.69, 9.17) is 9.47 Å². The fourth-order valence-corrected chi connectivity index (χ4v) is 1.09. The minimum atomic E-state index is 0.734. The number of allylic oxidation sites excluding steroid dienone is 1. The number of hydrogen-bond acceptors (Lipinski definition) is 2. The van der Waals surface area contributed by atoms with Crippen LogP contribution in [0.1, 0.15) is 5.56 Å². The van der Waals surface area contributed by atoms with Gasteiger partial charge in [0.25, 0.3) is 0 Å². The smallest absolute Gasteiger partial charge is 0.161 e. The SMILES string of the molecule is [CH2]/C=C/c1ccc(OC)c(OC)c1. The van der Waals surface area contributed by atoms with Crippen LogP contribution in [-0.4, -0.2) is 14.2 Å². The monoisotopic (exact) mass is 177 g/mol. The van der Waals surface area contributed by atoms with Crippen molar-refractivity contribution in [2.45, 2.75) is 0 Å². The number of hydrogen-bond donors (Lipinski definition) is 0. The van der Waals surface area contributed by atoms with Crippen molar-refractivity contribution in [3.63, 3.8) is 0 Å². The van der Waals surface area contributed by atoms with Crippen LogP contribution in [0.5, 0.6) is 11.5 Å². The Hall–Kier alpha value is -1.44. The van der Waals surface area contributed by atoms with Crippen LogP contribution in [0, 0.1) is 6.92 Å². The molecule has 0 atom stereocenters. The second-order valence-electron chi connectivity index (χ2n) is 2.52. The highest BCUT2D eigenvalue weighted by atomic mass is 16.5. The van der Waals surface area contributed by atoms with Crippen LogP contribution < -0.4 is 9.47 Å². The van der Waals surface area contributed by atoms with Crippen molar-refractivity contribution in [2.75, 3.05) is 14.2 Å². The summed E-state index contributed by atoms with van der Waals surface area (Å²) in [6.07, 6.45) is 3.64. The van der Waals surface area contributed by atoms with Crippen LogP contribution in [-0.2, 0) is 0 Å². The summed E-state index contributed by atoms with van der Waals surface area (Å²) >= 11 is 0. The van der Waals surface area contributed by atoms with Gasteiger partial charge in [-0.15, -0.1) is 0 Å². The third kappa shape index (κ3) is 2.25. The molecule has 0 fully saturated rings. The van der Waals surface area contributed by atoms with Gasteiger partial charge >= 0.3 is 0 Å². The first kappa shape index (κ1) is 9.65. The van der Waals surface area contributed by atoms with E-state index in [1.807, 2.05) is 24.3 Å². The van der Waals surface area contributed by atoms with E-state index in [1.54, 1.807) is 20.3 Å². The quantitative estimate of drug-likeness (QED) is 0.706. The average molecular weight is 177 g/mol. The topological polar surface area (TPSA) is 18.5 Å².